The molecule has 0 fully saturated rings. The zero-order chi connectivity index (χ0) is 19.9. The molecule has 0 aromatic heterocycles. The van der Waals surface area contributed by atoms with Gasteiger partial charge < -0.3 is 24.8 Å². The fourth-order valence-corrected chi connectivity index (χ4v) is 2.66. The van der Waals surface area contributed by atoms with Crippen molar-refractivity contribution in [2.45, 2.75) is 26.7 Å². The van der Waals surface area contributed by atoms with Crippen LogP contribution in [0.4, 0.5) is 11.4 Å². The van der Waals surface area contributed by atoms with Gasteiger partial charge in [0, 0.05) is 17.3 Å². The fraction of sp³-hybridized carbons (Fsp3) is 0.333. The summed E-state index contributed by atoms with van der Waals surface area (Å²) in [5, 5.41) is 5.56. The first kappa shape index (κ1) is 19.5. The molecule has 2 N–H and O–H groups in total. The molecule has 7 heteroatoms. The van der Waals surface area contributed by atoms with E-state index >= 15 is 0 Å². The second-order valence-corrected chi connectivity index (χ2v) is 6.36. The van der Waals surface area contributed by atoms with Crippen molar-refractivity contribution in [3.05, 3.63) is 42.0 Å². The summed E-state index contributed by atoms with van der Waals surface area (Å²) in [5.74, 6) is 1.24. The lowest BCUT2D eigenvalue weighted by Crippen LogP contribution is -2.25. The van der Waals surface area contributed by atoms with E-state index in [0.29, 0.717) is 47.4 Å². The Kier molecular flexibility index (Phi) is 6.37. The summed E-state index contributed by atoms with van der Waals surface area (Å²) in [7, 11) is 0. The number of carbonyl (C=O) groups is 2. The molecule has 7 nitrogen and oxygen atoms in total. The van der Waals surface area contributed by atoms with Gasteiger partial charge in [-0.05, 0) is 43.2 Å². The summed E-state index contributed by atoms with van der Waals surface area (Å²) in [6.45, 7) is 5.16. The van der Waals surface area contributed by atoms with Crippen molar-refractivity contribution in [1.82, 2.24) is 0 Å². The molecule has 2 aromatic carbocycles. The first-order valence-corrected chi connectivity index (χ1v) is 9.38. The van der Waals surface area contributed by atoms with Crippen molar-refractivity contribution in [2.24, 2.45) is 0 Å². The van der Waals surface area contributed by atoms with Gasteiger partial charge in [-0.15, -0.1) is 0 Å². The van der Waals surface area contributed by atoms with Gasteiger partial charge in [0.05, 0.1) is 18.9 Å². The minimum Gasteiger partial charge on any atom is -0.490 e. The van der Waals surface area contributed by atoms with E-state index in [9.17, 15) is 9.59 Å². The Labute approximate surface area is 164 Å². The van der Waals surface area contributed by atoms with Gasteiger partial charge in [0.25, 0.3) is 11.8 Å². The molecular weight excluding hydrogens is 360 g/mol. The Morgan fingerprint density at radius 3 is 2.57 bits per heavy atom. The number of nitrogens with one attached hydrogen (secondary N) is 2. The summed E-state index contributed by atoms with van der Waals surface area (Å²) in [6.07, 6.45) is 1.77. The number of rotatable bonds is 8. The summed E-state index contributed by atoms with van der Waals surface area (Å²) >= 11 is 0. The summed E-state index contributed by atoms with van der Waals surface area (Å²) in [6, 6.07) is 10.2. The highest BCUT2D eigenvalue weighted by atomic mass is 16.5. The third kappa shape index (κ3) is 4.73. The van der Waals surface area contributed by atoms with E-state index in [1.807, 2.05) is 13.8 Å². The number of carbonyl (C=O) groups excluding carboxylic acids is 2. The van der Waals surface area contributed by atoms with Crippen LogP contribution < -0.4 is 24.8 Å². The third-order valence-electron chi connectivity index (χ3n) is 4.00. The van der Waals surface area contributed by atoms with Crippen LogP contribution in [0.5, 0.6) is 17.2 Å². The average molecular weight is 384 g/mol. The topological polar surface area (TPSA) is 85.9 Å². The Morgan fingerprint density at radius 2 is 1.82 bits per heavy atom. The van der Waals surface area contributed by atoms with Crippen LogP contribution in [0.25, 0.3) is 0 Å². The SMILES string of the molecule is CCCOc1ccc(NC(=O)c2ccc3c(c2)OCC(=O)N3)cc1OCCC. The van der Waals surface area contributed by atoms with Crippen molar-refractivity contribution in [2.75, 3.05) is 30.5 Å². The molecule has 3 rings (SSSR count). The zero-order valence-corrected chi connectivity index (χ0v) is 16.0. The predicted octanol–water partition coefficient (Wildman–Crippen LogP) is 3.85. The number of anilines is 2. The summed E-state index contributed by atoms with van der Waals surface area (Å²) in [4.78, 5) is 24.0. The van der Waals surface area contributed by atoms with Crippen LogP contribution in [0.15, 0.2) is 36.4 Å². The monoisotopic (exact) mass is 384 g/mol. The molecule has 0 spiro atoms. The van der Waals surface area contributed by atoms with Gasteiger partial charge >= 0.3 is 0 Å². The highest BCUT2D eigenvalue weighted by molar-refractivity contribution is 6.05. The number of ether oxygens (including phenoxy) is 3. The molecule has 148 valence electrons. The standard InChI is InChI=1S/C21H24N2O5/c1-3-9-26-17-8-6-15(12-19(17)27-10-4-2)22-21(25)14-5-7-16-18(11-14)28-13-20(24)23-16/h5-8,11-12H,3-4,9-10,13H2,1-2H3,(H,22,25)(H,23,24). The van der Waals surface area contributed by atoms with Gasteiger partial charge in [-0.3, -0.25) is 9.59 Å². The minimum absolute atomic E-state index is 0.0601. The van der Waals surface area contributed by atoms with Crippen molar-refractivity contribution in [3.8, 4) is 17.2 Å². The van der Waals surface area contributed by atoms with Gasteiger partial charge in [-0.2, -0.15) is 0 Å². The fourth-order valence-electron chi connectivity index (χ4n) is 2.66. The third-order valence-corrected chi connectivity index (χ3v) is 4.00. The lowest BCUT2D eigenvalue weighted by Gasteiger charge is -2.18. The van der Waals surface area contributed by atoms with Gasteiger partial charge in [0.1, 0.15) is 5.75 Å². The van der Waals surface area contributed by atoms with E-state index in [0.717, 1.165) is 12.8 Å². The molecule has 0 radical (unpaired) electrons. The first-order chi connectivity index (χ1) is 13.6. The highest BCUT2D eigenvalue weighted by Crippen LogP contribution is 2.32. The van der Waals surface area contributed by atoms with Crippen molar-refractivity contribution < 1.29 is 23.8 Å². The molecule has 2 aromatic rings. The molecule has 0 saturated heterocycles. The van der Waals surface area contributed by atoms with Crippen LogP contribution in [0.3, 0.4) is 0 Å². The number of hydrogen-bond donors (Lipinski definition) is 2. The van der Waals surface area contributed by atoms with Crippen molar-refractivity contribution >= 4 is 23.2 Å². The van der Waals surface area contributed by atoms with E-state index in [1.165, 1.54) is 0 Å². The lowest BCUT2D eigenvalue weighted by atomic mass is 10.1. The Bertz CT molecular complexity index is 866. The van der Waals surface area contributed by atoms with Gasteiger partial charge in [-0.1, -0.05) is 13.8 Å². The molecule has 1 aliphatic rings. The number of amides is 2. The quantitative estimate of drug-likeness (QED) is 0.722. The molecule has 0 aliphatic carbocycles. The maximum Gasteiger partial charge on any atom is 0.262 e. The van der Waals surface area contributed by atoms with Gasteiger partial charge in [0.2, 0.25) is 0 Å². The van der Waals surface area contributed by atoms with Crippen molar-refractivity contribution in [1.29, 1.82) is 0 Å². The molecule has 0 saturated carbocycles. The molecule has 0 atom stereocenters. The molecule has 1 aliphatic heterocycles. The number of benzene rings is 2. The Hall–Kier alpha value is -3.22. The molecular formula is C21H24N2O5. The van der Waals surface area contributed by atoms with Crippen LogP contribution in [-0.4, -0.2) is 31.6 Å². The van der Waals surface area contributed by atoms with Crippen LogP contribution in [0, 0.1) is 0 Å². The summed E-state index contributed by atoms with van der Waals surface area (Å²) in [5.41, 5.74) is 1.59. The van der Waals surface area contributed by atoms with Crippen LogP contribution in [0.1, 0.15) is 37.0 Å². The van der Waals surface area contributed by atoms with Crippen molar-refractivity contribution in [3.63, 3.8) is 0 Å². The predicted molar refractivity (Wildman–Crippen MR) is 107 cm³/mol. The van der Waals surface area contributed by atoms with Gasteiger partial charge in [-0.25, -0.2) is 0 Å². The average Bonchev–Trinajstić information content (AvgIpc) is 2.71. The second-order valence-electron chi connectivity index (χ2n) is 6.36. The number of hydrogen-bond acceptors (Lipinski definition) is 5. The lowest BCUT2D eigenvalue weighted by molar-refractivity contribution is -0.118. The Morgan fingerprint density at radius 1 is 1.07 bits per heavy atom. The Balaban J connectivity index is 1.75. The van der Waals surface area contributed by atoms with E-state index in [1.54, 1.807) is 36.4 Å². The van der Waals surface area contributed by atoms with E-state index in [4.69, 9.17) is 14.2 Å². The second kappa shape index (κ2) is 9.12. The largest absolute Gasteiger partial charge is 0.490 e. The summed E-state index contributed by atoms with van der Waals surface area (Å²) < 4.78 is 16.8. The smallest absolute Gasteiger partial charge is 0.262 e. The minimum atomic E-state index is -0.285. The van der Waals surface area contributed by atoms with E-state index < -0.39 is 0 Å². The van der Waals surface area contributed by atoms with Crippen LogP contribution in [-0.2, 0) is 4.79 Å². The zero-order valence-electron chi connectivity index (χ0n) is 16.0. The van der Waals surface area contributed by atoms with E-state index in [2.05, 4.69) is 10.6 Å². The van der Waals surface area contributed by atoms with Crippen LogP contribution >= 0.6 is 0 Å². The highest BCUT2D eigenvalue weighted by Gasteiger charge is 2.18. The number of fused-ring (bicyclic) bond motifs is 1. The van der Waals surface area contributed by atoms with Gasteiger partial charge in [0.15, 0.2) is 18.1 Å². The normalized spacial score (nSPS) is 12.4. The maximum atomic E-state index is 12.6. The molecule has 0 bridgehead atoms. The molecule has 28 heavy (non-hydrogen) atoms. The first-order valence-electron chi connectivity index (χ1n) is 9.38. The van der Waals surface area contributed by atoms with Crippen LogP contribution in [0.2, 0.25) is 0 Å². The van der Waals surface area contributed by atoms with E-state index in [-0.39, 0.29) is 18.4 Å². The molecule has 2 amide bonds. The maximum absolute atomic E-state index is 12.6. The molecule has 1 heterocycles. The molecule has 0 unspecified atom stereocenters.